The maximum absolute atomic E-state index is 13.6. The highest BCUT2D eigenvalue weighted by atomic mass is 19.1. The summed E-state index contributed by atoms with van der Waals surface area (Å²) in [6, 6.07) is 4.71. The van der Waals surface area contributed by atoms with Gasteiger partial charge in [-0.15, -0.1) is 0 Å². The number of carbonyl (C=O) groups is 1. The van der Waals surface area contributed by atoms with Gasteiger partial charge in [-0.2, -0.15) is 0 Å². The zero-order valence-electron chi connectivity index (χ0n) is 14.3. The number of anilines is 1. The summed E-state index contributed by atoms with van der Waals surface area (Å²) in [7, 11) is 1.73. The van der Waals surface area contributed by atoms with Crippen molar-refractivity contribution in [3.63, 3.8) is 0 Å². The number of amides is 1. The lowest BCUT2D eigenvalue weighted by Gasteiger charge is -2.44. The minimum atomic E-state index is -0.313. The van der Waals surface area contributed by atoms with Gasteiger partial charge in [-0.1, -0.05) is 6.07 Å². The van der Waals surface area contributed by atoms with Crippen molar-refractivity contribution in [3.8, 4) is 0 Å². The van der Waals surface area contributed by atoms with E-state index in [9.17, 15) is 9.18 Å². The average Bonchev–Trinajstić information content (AvgIpc) is 3.01. The third-order valence-electron chi connectivity index (χ3n) is 5.11. The van der Waals surface area contributed by atoms with E-state index < -0.39 is 0 Å². The van der Waals surface area contributed by atoms with Gasteiger partial charge < -0.3 is 14.8 Å². The number of likely N-dealkylation sites (tertiary alicyclic amines) is 1. The highest BCUT2D eigenvalue weighted by molar-refractivity contribution is 5.93. The third-order valence-corrected chi connectivity index (χ3v) is 5.11. The summed E-state index contributed by atoms with van der Waals surface area (Å²) in [5.41, 5.74) is 0.695. The Balaban J connectivity index is 1.61. The van der Waals surface area contributed by atoms with Crippen molar-refractivity contribution < 1.29 is 18.7 Å². The second kappa shape index (κ2) is 7.17. The molecule has 0 aromatic heterocycles. The SMILES string of the molecule is CO[C@@H]1CCN(CC(=O)Nc2cccc(F)c2C)C[C@@]12CCCO2. The Labute approximate surface area is 142 Å². The van der Waals surface area contributed by atoms with Crippen LogP contribution in [0.15, 0.2) is 18.2 Å². The first-order chi connectivity index (χ1) is 11.5. The van der Waals surface area contributed by atoms with Crippen LogP contribution in [0.4, 0.5) is 10.1 Å². The number of methoxy groups -OCH3 is 1. The summed E-state index contributed by atoms with van der Waals surface area (Å²) in [6.07, 6.45) is 2.93. The van der Waals surface area contributed by atoms with Crippen LogP contribution < -0.4 is 5.32 Å². The molecule has 2 aliphatic heterocycles. The molecule has 1 amide bonds. The van der Waals surface area contributed by atoms with E-state index in [1.165, 1.54) is 6.07 Å². The van der Waals surface area contributed by atoms with Gasteiger partial charge >= 0.3 is 0 Å². The fourth-order valence-corrected chi connectivity index (χ4v) is 3.82. The van der Waals surface area contributed by atoms with Crippen LogP contribution in [-0.2, 0) is 14.3 Å². The lowest BCUT2D eigenvalue weighted by Crippen LogP contribution is -2.58. The van der Waals surface area contributed by atoms with Crippen LogP contribution in [-0.4, -0.2) is 55.9 Å². The quantitative estimate of drug-likeness (QED) is 0.917. The molecule has 2 fully saturated rings. The van der Waals surface area contributed by atoms with Crippen LogP contribution >= 0.6 is 0 Å². The molecular formula is C18H25FN2O3. The number of halogens is 1. The largest absolute Gasteiger partial charge is 0.378 e. The lowest BCUT2D eigenvalue weighted by molar-refractivity contribution is -0.146. The van der Waals surface area contributed by atoms with Crippen molar-refractivity contribution in [3.05, 3.63) is 29.6 Å². The number of hydrogen-bond acceptors (Lipinski definition) is 4. The lowest BCUT2D eigenvalue weighted by atomic mass is 9.87. The van der Waals surface area contributed by atoms with E-state index in [1.807, 2.05) is 0 Å². The van der Waals surface area contributed by atoms with Gasteiger partial charge in [0.15, 0.2) is 0 Å². The number of carbonyl (C=O) groups excluding carboxylic acids is 1. The third kappa shape index (κ3) is 3.45. The molecule has 1 N–H and O–H groups in total. The zero-order valence-corrected chi connectivity index (χ0v) is 14.3. The Kier molecular flexibility index (Phi) is 5.18. The molecule has 3 rings (SSSR count). The van der Waals surface area contributed by atoms with Crippen molar-refractivity contribution in [2.45, 2.75) is 37.9 Å². The molecule has 2 heterocycles. The molecule has 6 heteroatoms. The van der Waals surface area contributed by atoms with E-state index in [1.54, 1.807) is 26.2 Å². The maximum Gasteiger partial charge on any atom is 0.238 e. The van der Waals surface area contributed by atoms with E-state index in [-0.39, 0.29) is 30.0 Å². The highest BCUT2D eigenvalue weighted by Crippen LogP contribution is 2.36. The van der Waals surface area contributed by atoms with Gasteiger partial charge in [0.25, 0.3) is 0 Å². The number of benzene rings is 1. The normalized spacial score (nSPS) is 27.5. The molecule has 2 saturated heterocycles. The topological polar surface area (TPSA) is 50.8 Å². The molecule has 5 nitrogen and oxygen atoms in total. The van der Waals surface area contributed by atoms with Gasteiger partial charge in [-0.25, -0.2) is 4.39 Å². The molecule has 1 aromatic carbocycles. The van der Waals surface area contributed by atoms with Gasteiger partial charge in [-0.3, -0.25) is 9.69 Å². The molecule has 0 radical (unpaired) electrons. The van der Waals surface area contributed by atoms with Crippen LogP contribution in [0.5, 0.6) is 0 Å². The number of nitrogens with one attached hydrogen (secondary N) is 1. The number of hydrogen-bond donors (Lipinski definition) is 1. The van der Waals surface area contributed by atoms with Gasteiger partial charge in [0.2, 0.25) is 5.91 Å². The van der Waals surface area contributed by atoms with Crippen LogP contribution in [0.25, 0.3) is 0 Å². The fraction of sp³-hybridized carbons (Fsp3) is 0.611. The van der Waals surface area contributed by atoms with Gasteiger partial charge in [0, 0.05) is 38.1 Å². The molecule has 2 atom stereocenters. The number of rotatable bonds is 4. The number of nitrogens with zero attached hydrogens (tertiary/aromatic N) is 1. The second-order valence-corrected chi connectivity index (χ2v) is 6.70. The summed E-state index contributed by atoms with van der Waals surface area (Å²) in [6.45, 7) is 4.18. The van der Waals surface area contributed by atoms with E-state index in [0.29, 0.717) is 17.8 Å². The summed E-state index contributed by atoms with van der Waals surface area (Å²) < 4.78 is 25.2. The summed E-state index contributed by atoms with van der Waals surface area (Å²) in [5, 5.41) is 2.81. The van der Waals surface area contributed by atoms with Crippen molar-refractivity contribution in [2.24, 2.45) is 0 Å². The van der Waals surface area contributed by atoms with Crippen molar-refractivity contribution in [1.82, 2.24) is 4.90 Å². The predicted molar refractivity (Wildman–Crippen MR) is 89.5 cm³/mol. The molecule has 0 aliphatic carbocycles. The molecule has 1 spiro atoms. The standard InChI is InChI=1S/C18H25FN2O3/c1-13-14(19)5-3-6-15(13)20-17(22)11-21-9-7-16(23-2)18(12-21)8-4-10-24-18/h3,5-6,16H,4,7-12H2,1-2H3,(H,20,22)/t16-,18+/m1/s1. The first-order valence-electron chi connectivity index (χ1n) is 8.48. The van der Waals surface area contributed by atoms with E-state index in [2.05, 4.69) is 10.2 Å². The molecule has 0 unspecified atom stereocenters. The van der Waals surface area contributed by atoms with E-state index in [4.69, 9.17) is 9.47 Å². The maximum atomic E-state index is 13.6. The Bertz CT molecular complexity index is 602. The summed E-state index contributed by atoms with van der Waals surface area (Å²) >= 11 is 0. The van der Waals surface area contributed by atoms with Crippen molar-refractivity contribution in [1.29, 1.82) is 0 Å². The highest BCUT2D eigenvalue weighted by Gasteiger charge is 2.47. The van der Waals surface area contributed by atoms with Gasteiger partial charge in [0.1, 0.15) is 11.4 Å². The molecule has 0 saturated carbocycles. The van der Waals surface area contributed by atoms with Crippen LogP contribution in [0.2, 0.25) is 0 Å². The first-order valence-corrected chi connectivity index (χ1v) is 8.48. The Hall–Kier alpha value is -1.50. The van der Waals surface area contributed by atoms with E-state index >= 15 is 0 Å². The monoisotopic (exact) mass is 336 g/mol. The summed E-state index contributed by atoms with van der Waals surface area (Å²) in [5.74, 6) is -0.445. The number of piperidine rings is 1. The fourth-order valence-electron chi connectivity index (χ4n) is 3.82. The molecule has 24 heavy (non-hydrogen) atoms. The minimum absolute atomic E-state index is 0.0878. The molecule has 0 bridgehead atoms. The first kappa shape index (κ1) is 17.3. The molecule has 1 aromatic rings. The molecular weight excluding hydrogens is 311 g/mol. The Morgan fingerprint density at radius 2 is 2.38 bits per heavy atom. The average molecular weight is 336 g/mol. The summed E-state index contributed by atoms with van der Waals surface area (Å²) in [4.78, 5) is 14.5. The zero-order chi connectivity index (χ0) is 17.2. The Morgan fingerprint density at radius 1 is 1.54 bits per heavy atom. The van der Waals surface area contributed by atoms with Gasteiger partial charge in [0.05, 0.1) is 12.6 Å². The van der Waals surface area contributed by atoms with Crippen molar-refractivity contribution >= 4 is 11.6 Å². The predicted octanol–water partition coefficient (Wildman–Crippen LogP) is 2.34. The molecule has 132 valence electrons. The van der Waals surface area contributed by atoms with E-state index in [0.717, 1.165) is 32.4 Å². The molecule has 2 aliphatic rings. The Morgan fingerprint density at radius 3 is 3.08 bits per heavy atom. The van der Waals surface area contributed by atoms with Crippen LogP contribution in [0.1, 0.15) is 24.8 Å². The number of ether oxygens (including phenoxy) is 2. The minimum Gasteiger partial charge on any atom is -0.378 e. The van der Waals surface area contributed by atoms with Gasteiger partial charge in [-0.05, 0) is 38.3 Å². The van der Waals surface area contributed by atoms with Crippen molar-refractivity contribution in [2.75, 3.05) is 38.7 Å². The smallest absolute Gasteiger partial charge is 0.238 e. The van der Waals surface area contributed by atoms with Crippen LogP contribution in [0.3, 0.4) is 0 Å². The second-order valence-electron chi connectivity index (χ2n) is 6.70. The van der Waals surface area contributed by atoms with Crippen LogP contribution in [0, 0.1) is 12.7 Å².